The average molecular weight is 300 g/mol. The van der Waals surface area contributed by atoms with Crippen molar-refractivity contribution in [3.05, 3.63) is 24.3 Å². The number of hydrogen-bond acceptors (Lipinski definition) is 6. The maximum Gasteiger partial charge on any atom is 0.320 e. The second kappa shape index (κ2) is 6.38. The number of rotatable bonds is 5. The van der Waals surface area contributed by atoms with E-state index in [1.54, 1.807) is 24.3 Å². The third kappa shape index (κ3) is 4.54. The van der Waals surface area contributed by atoms with E-state index in [0.29, 0.717) is 11.4 Å². The molecule has 0 saturated heterocycles. The van der Waals surface area contributed by atoms with Crippen molar-refractivity contribution in [3.8, 4) is 0 Å². The van der Waals surface area contributed by atoms with Gasteiger partial charge in [0.25, 0.3) is 0 Å². The minimum Gasteiger partial charge on any atom is -0.468 e. The van der Waals surface area contributed by atoms with Crippen molar-refractivity contribution < 1.29 is 22.7 Å². The van der Waals surface area contributed by atoms with Gasteiger partial charge in [0.2, 0.25) is 5.91 Å². The summed E-state index contributed by atoms with van der Waals surface area (Å²) < 4.78 is 27.5. The molecule has 0 unspecified atom stereocenters. The molecule has 20 heavy (non-hydrogen) atoms. The lowest BCUT2D eigenvalue weighted by Gasteiger charge is -2.17. The summed E-state index contributed by atoms with van der Waals surface area (Å²) in [5, 5.41) is 0. The number of nitrogen functional groups attached to an aromatic ring is 1. The van der Waals surface area contributed by atoms with Crippen LogP contribution < -0.4 is 10.6 Å². The molecule has 8 heteroatoms. The van der Waals surface area contributed by atoms with Gasteiger partial charge in [-0.05, 0) is 24.3 Å². The summed E-state index contributed by atoms with van der Waals surface area (Å²) >= 11 is 0. The van der Waals surface area contributed by atoms with E-state index < -0.39 is 33.2 Å². The molecule has 1 aromatic rings. The van der Waals surface area contributed by atoms with Crippen LogP contribution in [-0.2, 0) is 24.2 Å². The molecule has 0 heterocycles. The van der Waals surface area contributed by atoms with E-state index in [0.717, 1.165) is 7.11 Å². The maximum absolute atomic E-state index is 11.9. The van der Waals surface area contributed by atoms with E-state index in [1.165, 1.54) is 11.9 Å². The molecule has 0 aliphatic carbocycles. The summed E-state index contributed by atoms with van der Waals surface area (Å²) in [6.45, 7) is 0. The summed E-state index contributed by atoms with van der Waals surface area (Å²) in [6, 6.07) is 6.39. The van der Waals surface area contributed by atoms with Crippen molar-refractivity contribution in [1.29, 1.82) is 0 Å². The summed E-state index contributed by atoms with van der Waals surface area (Å²) in [5.41, 5.74) is 6.57. The van der Waals surface area contributed by atoms with Crippen LogP contribution in [0, 0.1) is 0 Å². The van der Waals surface area contributed by atoms with E-state index in [2.05, 4.69) is 4.74 Å². The second-order valence-corrected chi connectivity index (χ2v) is 6.22. The van der Waals surface area contributed by atoms with Crippen LogP contribution in [0.3, 0.4) is 0 Å². The first-order chi connectivity index (χ1) is 9.25. The number of ether oxygens (including phenoxy) is 1. The number of nitrogens with zero attached hydrogens (tertiary/aromatic N) is 1. The number of sulfone groups is 1. The summed E-state index contributed by atoms with van der Waals surface area (Å²) in [4.78, 5) is 24.0. The summed E-state index contributed by atoms with van der Waals surface area (Å²) in [5.74, 6) is -3.11. The minimum absolute atomic E-state index is 0.512. The Hall–Kier alpha value is -2.09. The normalized spacial score (nSPS) is 10.9. The van der Waals surface area contributed by atoms with Crippen LogP contribution in [0.2, 0.25) is 0 Å². The molecule has 0 spiro atoms. The van der Waals surface area contributed by atoms with Crippen LogP contribution >= 0.6 is 0 Å². The highest BCUT2D eigenvalue weighted by atomic mass is 32.2. The Labute approximate surface area is 117 Å². The Morgan fingerprint density at radius 2 is 1.75 bits per heavy atom. The van der Waals surface area contributed by atoms with Crippen LogP contribution in [0.4, 0.5) is 11.4 Å². The van der Waals surface area contributed by atoms with Crippen molar-refractivity contribution in [2.24, 2.45) is 0 Å². The van der Waals surface area contributed by atoms with Crippen molar-refractivity contribution in [2.75, 3.05) is 36.3 Å². The van der Waals surface area contributed by atoms with E-state index >= 15 is 0 Å². The molecule has 2 N–H and O–H groups in total. The van der Waals surface area contributed by atoms with Gasteiger partial charge in [0.15, 0.2) is 9.84 Å². The molecule has 110 valence electrons. The second-order valence-electron chi connectivity index (χ2n) is 4.15. The number of methoxy groups -OCH3 is 1. The largest absolute Gasteiger partial charge is 0.468 e. The number of nitrogens with two attached hydrogens (primary N) is 1. The fraction of sp³-hybridized carbons (Fsp3) is 0.333. The quantitative estimate of drug-likeness (QED) is 0.597. The van der Waals surface area contributed by atoms with Gasteiger partial charge in [-0.2, -0.15) is 0 Å². The highest BCUT2D eigenvalue weighted by molar-refractivity contribution is 7.92. The molecule has 0 saturated carbocycles. The molecule has 0 fully saturated rings. The van der Waals surface area contributed by atoms with Gasteiger partial charge in [0.05, 0.1) is 7.11 Å². The minimum atomic E-state index is -3.84. The molecule has 7 nitrogen and oxygen atoms in total. The lowest BCUT2D eigenvalue weighted by molar-refractivity contribution is -0.137. The van der Waals surface area contributed by atoms with Gasteiger partial charge in [-0.3, -0.25) is 9.59 Å². The number of benzene rings is 1. The smallest absolute Gasteiger partial charge is 0.320 e. The number of amides is 1. The van der Waals surface area contributed by atoms with Crippen LogP contribution in [0.25, 0.3) is 0 Å². The van der Waals surface area contributed by atoms with Crippen molar-refractivity contribution in [2.45, 2.75) is 0 Å². The maximum atomic E-state index is 11.9. The van der Waals surface area contributed by atoms with Gasteiger partial charge in [0.1, 0.15) is 11.5 Å². The molecule has 0 atom stereocenters. The molecule has 0 radical (unpaired) electrons. The van der Waals surface area contributed by atoms with E-state index in [4.69, 9.17) is 5.73 Å². The zero-order valence-corrected chi connectivity index (χ0v) is 12.0. The molecular formula is C12H16N2O5S. The lowest BCUT2D eigenvalue weighted by Crippen LogP contribution is -2.34. The molecule has 0 bridgehead atoms. The number of anilines is 2. The number of hydrogen-bond donors (Lipinski definition) is 1. The Bertz CT molecular complexity index is 595. The Kier molecular flexibility index (Phi) is 5.09. The molecular weight excluding hydrogens is 284 g/mol. The first kappa shape index (κ1) is 16.0. The fourth-order valence-electron chi connectivity index (χ4n) is 1.42. The summed E-state index contributed by atoms with van der Waals surface area (Å²) in [6.07, 6.45) is 0. The van der Waals surface area contributed by atoms with Gasteiger partial charge < -0.3 is 15.4 Å². The predicted molar refractivity (Wildman–Crippen MR) is 74.9 cm³/mol. The first-order valence-electron chi connectivity index (χ1n) is 5.64. The SMILES string of the molecule is COC(=O)CS(=O)(=O)CC(=O)N(C)c1ccc(N)cc1. The Balaban J connectivity index is 2.75. The van der Waals surface area contributed by atoms with E-state index in [9.17, 15) is 18.0 Å². The van der Waals surface area contributed by atoms with E-state index in [1.807, 2.05) is 0 Å². The zero-order chi connectivity index (χ0) is 15.3. The van der Waals surface area contributed by atoms with Crippen molar-refractivity contribution in [3.63, 3.8) is 0 Å². The third-order valence-corrected chi connectivity index (χ3v) is 3.93. The number of esters is 1. The topological polar surface area (TPSA) is 107 Å². The molecule has 0 aliphatic heterocycles. The fourth-order valence-corrected chi connectivity index (χ4v) is 2.57. The van der Waals surface area contributed by atoms with Gasteiger partial charge >= 0.3 is 5.97 Å². The van der Waals surface area contributed by atoms with Crippen LogP contribution in [0.15, 0.2) is 24.3 Å². The molecule has 1 amide bonds. The first-order valence-corrected chi connectivity index (χ1v) is 7.46. The average Bonchev–Trinajstić information content (AvgIpc) is 2.37. The zero-order valence-electron chi connectivity index (χ0n) is 11.2. The molecule has 1 rings (SSSR count). The Morgan fingerprint density at radius 1 is 1.20 bits per heavy atom. The standard InChI is InChI=1S/C12H16N2O5S/c1-14(10-5-3-9(13)4-6-10)11(15)7-20(17,18)8-12(16)19-2/h3-6H,7-8,13H2,1-2H3. The predicted octanol–water partition coefficient (Wildman–Crippen LogP) is -0.181. The highest BCUT2D eigenvalue weighted by Crippen LogP contribution is 2.15. The molecule has 1 aromatic carbocycles. The Morgan fingerprint density at radius 3 is 2.25 bits per heavy atom. The third-order valence-electron chi connectivity index (χ3n) is 2.56. The number of carbonyl (C=O) groups excluding carboxylic acids is 2. The lowest BCUT2D eigenvalue weighted by atomic mass is 10.2. The van der Waals surface area contributed by atoms with Gasteiger partial charge in [-0.1, -0.05) is 0 Å². The summed E-state index contributed by atoms with van der Waals surface area (Å²) in [7, 11) is -1.31. The van der Waals surface area contributed by atoms with Gasteiger partial charge in [-0.15, -0.1) is 0 Å². The molecule has 0 aromatic heterocycles. The van der Waals surface area contributed by atoms with Crippen molar-refractivity contribution >= 4 is 33.1 Å². The van der Waals surface area contributed by atoms with E-state index in [-0.39, 0.29) is 0 Å². The van der Waals surface area contributed by atoms with Crippen LogP contribution in [0.1, 0.15) is 0 Å². The van der Waals surface area contributed by atoms with Gasteiger partial charge in [-0.25, -0.2) is 8.42 Å². The van der Waals surface area contributed by atoms with Crippen LogP contribution in [-0.4, -0.2) is 46.0 Å². The monoisotopic (exact) mass is 300 g/mol. The molecule has 0 aliphatic rings. The van der Waals surface area contributed by atoms with Gasteiger partial charge in [0, 0.05) is 18.4 Å². The highest BCUT2D eigenvalue weighted by Gasteiger charge is 2.23. The van der Waals surface area contributed by atoms with Crippen molar-refractivity contribution in [1.82, 2.24) is 0 Å². The number of carbonyl (C=O) groups is 2. The van der Waals surface area contributed by atoms with Crippen LogP contribution in [0.5, 0.6) is 0 Å².